The quantitative estimate of drug-likeness (QED) is 0.627. The maximum Gasteiger partial charge on any atom is 0.0201 e. The molecule has 4 unspecified atom stereocenters. The minimum Gasteiger partial charge on any atom is -0.151 e. The molecule has 0 aromatic heterocycles. The fourth-order valence-electron chi connectivity index (χ4n) is 4.51. The molecule has 0 spiro atoms. The Labute approximate surface area is 105 Å². The van der Waals surface area contributed by atoms with Crippen LogP contribution in [0.2, 0.25) is 0 Å². The van der Waals surface area contributed by atoms with Crippen LogP contribution in [0.15, 0.2) is 0 Å². The Hall–Kier alpha value is 0.350. The lowest BCUT2D eigenvalue weighted by molar-refractivity contribution is 0.143. The van der Waals surface area contributed by atoms with E-state index in [4.69, 9.17) is 0 Å². The second kappa shape index (κ2) is 4.23. The SMILES string of the molecule is CC1CCC2SC(C)(C3CCCCC3)C2C1. The Morgan fingerprint density at radius 2 is 1.75 bits per heavy atom. The molecular weight excluding hydrogens is 212 g/mol. The maximum atomic E-state index is 2.60. The van der Waals surface area contributed by atoms with Gasteiger partial charge in [0.1, 0.15) is 0 Å². The van der Waals surface area contributed by atoms with E-state index in [2.05, 4.69) is 25.6 Å². The van der Waals surface area contributed by atoms with Gasteiger partial charge in [-0.25, -0.2) is 0 Å². The van der Waals surface area contributed by atoms with Crippen LogP contribution in [0.1, 0.15) is 65.2 Å². The van der Waals surface area contributed by atoms with E-state index in [9.17, 15) is 0 Å². The average Bonchev–Trinajstić information content (AvgIpc) is 2.31. The van der Waals surface area contributed by atoms with Crippen LogP contribution in [-0.2, 0) is 0 Å². The molecule has 3 rings (SSSR count). The second-order valence-electron chi connectivity index (χ2n) is 6.70. The third-order valence-corrected chi connectivity index (χ3v) is 7.62. The first-order valence-electron chi connectivity index (χ1n) is 7.38. The molecule has 0 amide bonds. The first kappa shape index (κ1) is 11.4. The van der Waals surface area contributed by atoms with E-state index in [-0.39, 0.29) is 0 Å². The number of rotatable bonds is 1. The zero-order valence-electron chi connectivity index (χ0n) is 10.9. The molecule has 3 fully saturated rings. The average molecular weight is 238 g/mol. The van der Waals surface area contributed by atoms with E-state index in [0.717, 1.165) is 23.0 Å². The van der Waals surface area contributed by atoms with Crippen molar-refractivity contribution in [3.05, 3.63) is 0 Å². The second-order valence-corrected chi connectivity index (χ2v) is 8.42. The molecule has 1 heteroatoms. The Bertz CT molecular complexity index is 256. The number of hydrogen-bond donors (Lipinski definition) is 0. The number of thioether (sulfide) groups is 1. The van der Waals surface area contributed by atoms with Crippen LogP contribution in [0.25, 0.3) is 0 Å². The highest BCUT2D eigenvalue weighted by atomic mass is 32.2. The summed E-state index contributed by atoms with van der Waals surface area (Å²) in [5.74, 6) is 3.13. The Morgan fingerprint density at radius 1 is 1.00 bits per heavy atom. The van der Waals surface area contributed by atoms with Gasteiger partial charge in [0.25, 0.3) is 0 Å². The summed E-state index contributed by atoms with van der Waals surface area (Å²) in [4.78, 5) is 0. The zero-order valence-corrected chi connectivity index (χ0v) is 11.7. The predicted molar refractivity (Wildman–Crippen MR) is 72.9 cm³/mol. The molecule has 4 atom stereocenters. The highest BCUT2D eigenvalue weighted by Gasteiger charge is 2.56. The van der Waals surface area contributed by atoms with Crippen molar-refractivity contribution >= 4 is 11.8 Å². The summed E-state index contributed by atoms with van der Waals surface area (Å²) in [6.07, 6.45) is 12.1. The van der Waals surface area contributed by atoms with Crippen LogP contribution >= 0.6 is 11.8 Å². The van der Waals surface area contributed by atoms with Crippen molar-refractivity contribution in [2.24, 2.45) is 17.8 Å². The first-order chi connectivity index (χ1) is 7.70. The van der Waals surface area contributed by atoms with Gasteiger partial charge >= 0.3 is 0 Å². The van der Waals surface area contributed by atoms with Crippen molar-refractivity contribution in [1.29, 1.82) is 0 Å². The van der Waals surface area contributed by atoms with Crippen molar-refractivity contribution in [3.8, 4) is 0 Å². The smallest absolute Gasteiger partial charge is 0.0201 e. The van der Waals surface area contributed by atoms with Crippen molar-refractivity contribution in [3.63, 3.8) is 0 Å². The molecular formula is C15H26S. The Balaban J connectivity index is 1.69. The fraction of sp³-hybridized carbons (Fsp3) is 1.00. The van der Waals surface area contributed by atoms with E-state index >= 15 is 0 Å². The van der Waals surface area contributed by atoms with Gasteiger partial charge in [-0.1, -0.05) is 26.2 Å². The minimum atomic E-state index is 0.680. The van der Waals surface area contributed by atoms with E-state index in [1.807, 2.05) is 0 Å². The summed E-state index contributed by atoms with van der Waals surface area (Å²) in [6.45, 7) is 5.08. The minimum absolute atomic E-state index is 0.680. The molecule has 3 aliphatic rings. The Kier molecular flexibility index (Phi) is 3.02. The lowest BCUT2D eigenvalue weighted by Gasteiger charge is -2.60. The molecule has 0 aromatic carbocycles. The number of hydrogen-bond acceptors (Lipinski definition) is 1. The van der Waals surface area contributed by atoms with Crippen LogP contribution < -0.4 is 0 Å². The van der Waals surface area contributed by atoms with Gasteiger partial charge < -0.3 is 0 Å². The molecule has 2 saturated carbocycles. The molecule has 16 heavy (non-hydrogen) atoms. The van der Waals surface area contributed by atoms with Crippen molar-refractivity contribution < 1.29 is 0 Å². The molecule has 0 nitrogen and oxygen atoms in total. The monoisotopic (exact) mass is 238 g/mol. The molecule has 92 valence electrons. The normalized spacial score (nSPS) is 49.5. The van der Waals surface area contributed by atoms with E-state index in [1.165, 1.54) is 51.4 Å². The molecule has 1 aliphatic heterocycles. The van der Waals surface area contributed by atoms with Gasteiger partial charge in [0.2, 0.25) is 0 Å². The van der Waals surface area contributed by atoms with Crippen molar-refractivity contribution in [2.45, 2.75) is 75.2 Å². The zero-order chi connectivity index (χ0) is 11.2. The predicted octanol–water partition coefficient (Wildman–Crippen LogP) is 4.88. The number of fused-ring (bicyclic) bond motifs is 1. The Morgan fingerprint density at radius 3 is 2.50 bits per heavy atom. The van der Waals surface area contributed by atoms with E-state index in [1.54, 1.807) is 0 Å². The van der Waals surface area contributed by atoms with Gasteiger partial charge in [0.15, 0.2) is 0 Å². The van der Waals surface area contributed by atoms with Crippen LogP contribution in [0, 0.1) is 17.8 Å². The van der Waals surface area contributed by atoms with E-state index < -0.39 is 0 Å². The van der Waals surface area contributed by atoms with E-state index in [0.29, 0.717) is 4.75 Å². The molecule has 0 aromatic rings. The largest absolute Gasteiger partial charge is 0.151 e. The highest BCUT2D eigenvalue weighted by Crippen LogP contribution is 2.63. The van der Waals surface area contributed by atoms with Gasteiger partial charge in [0.05, 0.1) is 0 Å². The van der Waals surface area contributed by atoms with Gasteiger partial charge in [0, 0.05) is 10.00 Å². The summed E-state index contributed by atoms with van der Waals surface area (Å²) < 4.78 is 0.680. The van der Waals surface area contributed by atoms with Crippen molar-refractivity contribution in [2.75, 3.05) is 0 Å². The van der Waals surface area contributed by atoms with Gasteiger partial charge in [-0.05, 0) is 56.8 Å². The summed E-state index contributed by atoms with van der Waals surface area (Å²) in [6, 6.07) is 0. The van der Waals surface area contributed by atoms with Crippen LogP contribution in [0.4, 0.5) is 0 Å². The summed E-state index contributed by atoms with van der Waals surface area (Å²) >= 11 is 2.37. The van der Waals surface area contributed by atoms with Crippen molar-refractivity contribution in [1.82, 2.24) is 0 Å². The molecule has 0 bridgehead atoms. The molecule has 0 radical (unpaired) electrons. The van der Waals surface area contributed by atoms with Gasteiger partial charge in [-0.2, -0.15) is 11.8 Å². The first-order valence-corrected chi connectivity index (χ1v) is 8.26. The van der Waals surface area contributed by atoms with Crippen LogP contribution in [-0.4, -0.2) is 10.00 Å². The molecule has 0 N–H and O–H groups in total. The summed E-state index contributed by atoms with van der Waals surface area (Å²) in [5.41, 5.74) is 0. The lowest BCUT2D eigenvalue weighted by Crippen LogP contribution is -2.56. The van der Waals surface area contributed by atoms with Gasteiger partial charge in [-0.3, -0.25) is 0 Å². The molecule has 2 aliphatic carbocycles. The van der Waals surface area contributed by atoms with Crippen LogP contribution in [0.3, 0.4) is 0 Å². The lowest BCUT2D eigenvalue weighted by atomic mass is 9.66. The summed E-state index contributed by atoms with van der Waals surface area (Å²) in [7, 11) is 0. The summed E-state index contributed by atoms with van der Waals surface area (Å²) in [5, 5.41) is 1.04. The van der Waals surface area contributed by atoms with Gasteiger partial charge in [-0.15, -0.1) is 0 Å². The molecule has 1 saturated heterocycles. The third kappa shape index (κ3) is 1.74. The maximum absolute atomic E-state index is 2.60. The van der Waals surface area contributed by atoms with Crippen LogP contribution in [0.5, 0.6) is 0 Å². The molecule has 1 heterocycles. The third-order valence-electron chi connectivity index (χ3n) is 5.61. The highest BCUT2D eigenvalue weighted by molar-refractivity contribution is 8.02. The standard InChI is InChI=1S/C15H26S/c1-11-8-9-14-13(10-11)15(2,16-14)12-6-4-3-5-7-12/h11-14H,3-10H2,1-2H3. The topological polar surface area (TPSA) is 0 Å². The fourth-order valence-corrected chi connectivity index (χ4v) is 6.62.